The summed E-state index contributed by atoms with van der Waals surface area (Å²) in [5.41, 5.74) is 0. The zero-order valence-corrected chi connectivity index (χ0v) is 8.59. The van der Waals surface area contributed by atoms with Gasteiger partial charge < -0.3 is 4.84 Å². The van der Waals surface area contributed by atoms with Gasteiger partial charge in [-0.2, -0.15) is 0 Å². The number of unbranched alkanes of at least 4 members (excludes halogenated alkanes) is 2. The predicted molar refractivity (Wildman–Crippen MR) is 54.9 cm³/mol. The summed E-state index contributed by atoms with van der Waals surface area (Å²) in [6, 6.07) is 0. The van der Waals surface area contributed by atoms with E-state index >= 15 is 0 Å². The molecule has 0 aliphatic heterocycles. The Morgan fingerprint density at radius 3 is 2.77 bits per heavy atom. The first-order chi connectivity index (χ1) is 6.43. The highest BCUT2D eigenvalue weighted by Gasteiger charge is 2.12. The zero-order chi connectivity index (χ0) is 9.36. The Balaban J connectivity index is 1.91. The number of hydrogen-bond acceptors (Lipinski definition) is 2. The van der Waals surface area contributed by atoms with Crippen LogP contribution in [0.1, 0.15) is 51.9 Å². The monoisotopic (exact) mass is 182 g/mol. The van der Waals surface area contributed by atoms with Crippen molar-refractivity contribution in [2.75, 3.05) is 6.61 Å². The van der Waals surface area contributed by atoms with Crippen molar-refractivity contribution in [2.24, 2.45) is 11.1 Å². The molecule has 0 bridgehead atoms. The molecule has 2 heteroatoms. The maximum Gasteiger partial charge on any atom is 0.117 e. The summed E-state index contributed by atoms with van der Waals surface area (Å²) in [6.45, 7) is 2.95. The van der Waals surface area contributed by atoms with E-state index in [0.717, 1.165) is 13.0 Å². The standard InChI is InChI=1S/C11H20NO/c1-2-3-6-9-13-12-10-11-7-4-5-8-11/h11H,2-9H2,1H3. The second kappa shape index (κ2) is 6.93. The van der Waals surface area contributed by atoms with Gasteiger partial charge in [0, 0.05) is 5.92 Å². The third-order valence-corrected chi connectivity index (χ3v) is 2.49. The lowest BCUT2D eigenvalue weighted by molar-refractivity contribution is 0.140. The van der Waals surface area contributed by atoms with Crippen LogP contribution >= 0.6 is 0 Å². The van der Waals surface area contributed by atoms with Gasteiger partial charge in [-0.15, -0.1) is 0 Å². The summed E-state index contributed by atoms with van der Waals surface area (Å²) in [7, 11) is 0. The largest absolute Gasteiger partial charge is 0.396 e. The normalized spacial score (nSPS) is 18.5. The lowest BCUT2D eigenvalue weighted by Gasteiger charge is -1.99. The summed E-state index contributed by atoms with van der Waals surface area (Å²) in [6.07, 6.45) is 11.8. The molecule has 0 unspecified atom stereocenters. The highest BCUT2D eigenvalue weighted by atomic mass is 16.6. The third kappa shape index (κ3) is 4.91. The fourth-order valence-corrected chi connectivity index (χ4v) is 1.63. The van der Waals surface area contributed by atoms with E-state index in [4.69, 9.17) is 4.84 Å². The minimum Gasteiger partial charge on any atom is -0.396 e. The molecule has 1 radical (unpaired) electrons. The van der Waals surface area contributed by atoms with Crippen molar-refractivity contribution in [2.45, 2.75) is 51.9 Å². The quantitative estimate of drug-likeness (QED) is 0.351. The minimum absolute atomic E-state index is 0.575. The van der Waals surface area contributed by atoms with Gasteiger partial charge in [0.05, 0.1) is 0 Å². The van der Waals surface area contributed by atoms with Gasteiger partial charge in [0.25, 0.3) is 0 Å². The van der Waals surface area contributed by atoms with E-state index in [1.165, 1.54) is 38.5 Å². The highest BCUT2D eigenvalue weighted by molar-refractivity contribution is 5.60. The first-order valence-electron chi connectivity index (χ1n) is 5.51. The Labute approximate surface area is 81.3 Å². The summed E-state index contributed by atoms with van der Waals surface area (Å²) in [5.74, 6) is 0.575. The Morgan fingerprint density at radius 2 is 2.08 bits per heavy atom. The summed E-state index contributed by atoms with van der Waals surface area (Å²) >= 11 is 0. The Hall–Kier alpha value is -0.530. The van der Waals surface area contributed by atoms with Crippen LogP contribution < -0.4 is 0 Å². The molecule has 0 spiro atoms. The molecule has 0 heterocycles. The molecule has 1 saturated carbocycles. The van der Waals surface area contributed by atoms with Gasteiger partial charge in [-0.1, -0.05) is 37.8 Å². The van der Waals surface area contributed by atoms with Gasteiger partial charge in [0.2, 0.25) is 0 Å². The van der Waals surface area contributed by atoms with E-state index in [1.807, 2.05) is 0 Å². The van der Waals surface area contributed by atoms with Crippen LogP contribution in [0.2, 0.25) is 0 Å². The Morgan fingerprint density at radius 1 is 1.31 bits per heavy atom. The second-order valence-corrected chi connectivity index (χ2v) is 3.74. The van der Waals surface area contributed by atoms with Crippen molar-refractivity contribution in [3.63, 3.8) is 0 Å². The summed E-state index contributed by atoms with van der Waals surface area (Å²) in [4.78, 5) is 5.11. The molecule has 1 fully saturated rings. The lowest BCUT2D eigenvalue weighted by Crippen LogP contribution is -1.95. The average molecular weight is 182 g/mol. The van der Waals surface area contributed by atoms with Crippen molar-refractivity contribution in [3.8, 4) is 0 Å². The molecule has 1 rings (SSSR count). The Kier molecular flexibility index (Phi) is 5.62. The number of rotatable bonds is 6. The molecule has 2 nitrogen and oxygen atoms in total. The zero-order valence-electron chi connectivity index (χ0n) is 8.59. The van der Waals surface area contributed by atoms with Gasteiger partial charge in [0.1, 0.15) is 12.8 Å². The molecule has 0 aromatic rings. The average Bonchev–Trinajstić information content (AvgIpc) is 2.63. The van der Waals surface area contributed by atoms with Gasteiger partial charge in [-0.25, -0.2) is 0 Å². The molecule has 75 valence electrons. The smallest absolute Gasteiger partial charge is 0.117 e. The van der Waals surface area contributed by atoms with Crippen LogP contribution in [-0.2, 0) is 4.84 Å². The van der Waals surface area contributed by atoms with Crippen molar-refractivity contribution < 1.29 is 4.84 Å². The molecule has 0 aromatic heterocycles. The first-order valence-corrected chi connectivity index (χ1v) is 5.51. The predicted octanol–water partition coefficient (Wildman–Crippen LogP) is 3.25. The van der Waals surface area contributed by atoms with Crippen LogP contribution in [0.15, 0.2) is 5.16 Å². The van der Waals surface area contributed by atoms with E-state index in [0.29, 0.717) is 5.92 Å². The van der Waals surface area contributed by atoms with E-state index in [9.17, 15) is 0 Å². The van der Waals surface area contributed by atoms with E-state index in [2.05, 4.69) is 18.3 Å². The molecule has 0 atom stereocenters. The van der Waals surface area contributed by atoms with Crippen molar-refractivity contribution in [1.82, 2.24) is 0 Å². The third-order valence-electron chi connectivity index (χ3n) is 2.49. The van der Waals surface area contributed by atoms with Gasteiger partial charge in [-0.05, 0) is 19.3 Å². The number of nitrogens with zero attached hydrogens (tertiary/aromatic N) is 1. The molecule has 13 heavy (non-hydrogen) atoms. The summed E-state index contributed by atoms with van der Waals surface area (Å²) in [5, 5.41) is 3.88. The van der Waals surface area contributed by atoms with Crippen molar-refractivity contribution in [3.05, 3.63) is 0 Å². The van der Waals surface area contributed by atoms with Gasteiger partial charge in [0.15, 0.2) is 0 Å². The van der Waals surface area contributed by atoms with Gasteiger partial charge >= 0.3 is 0 Å². The maximum absolute atomic E-state index is 5.11. The molecule has 0 N–H and O–H groups in total. The van der Waals surface area contributed by atoms with Crippen LogP contribution in [-0.4, -0.2) is 12.8 Å². The summed E-state index contributed by atoms with van der Waals surface area (Å²) < 4.78 is 0. The van der Waals surface area contributed by atoms with Crippen LogP contribution in [0.3, 0.4) is 0 Å². The molecule has 0 saturated heterocycles. The minimum atomic E-state index is 0.575. The van der Waals surface area contributed by atoms with Crippen molar-refractivity contribution in [1.29, 1.82) is 0 Å². The first kappa shape index (κ1) is 10.6. The van der Waals surface area contributed by atoms with Crippen molar-refractivity contribution >= 4 is 6.21 Å². The van der Waals surface area contributed by atoms with Crippen LogP contribution in [0.4, 0.5) is 0 Å². The lowest BCUT2D eigenvalue weighted by atomic mass is 10.1. The molecular formula is C11H20NO. The van der Waals surface area contributed by atoms with Crippen LogP contribution in [0, 0.1) is 5.92 Å². The molecule has 0 aromatic carbocycles. The van der Waals surface area contributed by atoms with Crippen LogP contribution in [0.5, 0.6) is 0 Å². The topological polar surface area (TPSA) is 21.6 Å². The molecule has 0 amide bonds. The van der Waals surface area contributed by atoms with Crippen LogP contribution in [0.25, 0.3) is 0 Å². The number of hydrogen-bond donors (Lipinski definition) is 0. The van der Waals surface area contributed by atoms with E-state index in [-0.39, 0.29) is 0 Å². The fraction of sp³-hybridized carbons (Fsp3) is 0.909. The molecule has 1 aliphatic carbocycles. The Bertz CT molecular complexity index is 139. The molecular weight excluding hydrogens is 162 g/mol. The molecule has 1 aliphatic rings. The van der Waals surface area contributed by atoms with E-state index in [1.54, 1.807) is 0 Å². The maximum atomic E-state index is 5.11. The fourth-order valence-electron chi connectivity index (χ4n) is 1.63. The SMILES string of the molecule is CCCCCO/N=[C]/C1CCCC1. The van der Waals surface area contributed by atoms with E-state index < -0.39 is 0 Å². The highest BCUT2D eigenvalue weighted by Crippen LogP contribution is 2.22. The second-order valence-electron chi connectivity index (χ2n) is 3.74. The van der Waals surface area contributed by atoms with Gasteiger partial charge in [-0.3, -0.25) is 0 Å².